The summed E-state index contributed by atoms with van der Waals surface area (Å²) in [5.41, 5.74) is 2.31. The van der Waals surface area contributed by atoms with Gasteiger partial charge in [-0.2, -0.15) is 0 Å². The third-order valence-electron chi connectivity index (χ3n) is 4.04. The number of nitrogens with one attached hydrogen (secondary N) is 1. The van der Waals surface area contributed by atoms with Crippen LogP contribution in [0.2, 0.25) is 0 Å². The number of benzene rings is 1. The van der Waals surface area contributed by atoms with Gasteiger partial charge in [-0.25, -0.2) is 4.98 Å². The zero-order chi connectivity index (χ0) is 19.6. The number of hydrogen-bond acceptors (Lipinski definition) is 5. The number of aryl methyl sites for hydroxylation is 2. The highest BCUT2D eigenvalue weighted by Gasteiger charge is 2.08. The molecule has 27 heavy (non-hydrogen) atoms. The van der Waals surface area contributed by atoms with Crippen LogP contribution >= 0.6 is 11.3 Å². The van der Waals surface area contributed by atoms with Crippen LogP contribution in [0.15, 0.2) is 34.6 Å². The number of nitro groups is 1. The average Bonchev–Trinajstić information content (AvgIpc) is 3.05. The van der Waals surface area contributed by atoms with E-state index in [0.717, 1.165) is 61.1 Å². The van der Waals surface area contributed by atoms with E-state index in [1.54, 1.807) is 23.5 Å². The fourth-order valence-corrected chi connectivity index (χ4v) is 3.28. The standard InChI is InChI=1S/C19H27N5O2S/c1-4-20-19(23(3)13-17-14-27-15(2)22-17)21-12-6-5-7-16-8-10-18(11-9-16)24(25)26/h8-11,14H,4-7,12-13H2,1-3H3,(H,20,21). The van der Waals surface area contributed by atoms with E-state index in [4.69, 9.17) is 4.99 Å². The summed E-state index contributed by atoms with van der Waals surface area (Å²) < 4.78 is 0. The number of nitro benzene ring substituents is 1. The van der Waals surface area contributed by atoms with Crippen molar-refractivity contribution < 1.29 is 4.92 Å². The summed E-state index contributed by atoms with van der Waals surface area (Å²) in [4.78, 5) is 21.6. The Morgan fingerprint density at radius 3 is 2.67 bits per heavy atom. The van der Waals surface area contributed by atoms with Gasteiger partial charge in [-0.15, -0.1) is 11.3 Å². The summed E-state index contributed by atoms with van der Waals surface area (Å²) in [5.74, 6) is 0.887. The Morgan fingerprint density at radius 1 is 1.33 bits per heavy atom. The van der Waals surface area contributed by atoms with Gasteiger partial charge in [-0.3, -0.25) is 15.1 Å². The van der Waals surface area contributed by atoms with Gasteiger partial charge < -0.3 is 10.2 Å². The third-order valence-corrected chi connectivity index (χ3v) is 4.87. The van der Waals surface area contributed by atoms with Crippen molar-refractivity contribution in [3.63, 3.8) is 0 Å². The Labute approximate surface area is 164 Å². The topological polar surface area (TPSA) is 83.7 Å². The van der Waals surface area contributed by atoms with Crippen molar-refractivity contribution in [3.8, 4) is 0 Å². The van der Waals surface area contributed by atoms with Crippen LogP contribution in [-0.4, -0.2) is 40.9 Å². The molecule has 8 heteroatoms. The highest BCUT2D eigenvalue weighted by atomic mass is 32.1. The van der Waals surface area contributed by atoms with Gasteiger partial charge in [0.05, 0.1) is 22.2 Å². The van der Waals surface area contributed by atoms with Gasteiger partial charge in [0.1, 0.15) is 0 Å². The van der Waals surface area contributed by atoms with Crippen molar-refractivity contribution in [3.05, 3.63) is 56.0 Å². The van der Waals surface area contributed by atoms with Crippen molar-refractivity contribution in [2.45, 2.75) is 39.7 Å². The van der Waals surface area contributed by atoms with Crippen molar-refractivity contribution in [2.24, 2.45) is 4.99 Å². The summed E-state index contributed by atoms with van der Waals surface area (Å²) >= 11 is 1.66. The summed E-state index contributed by atoms with van der Waals surface area (Å²) in [6.45, 7) is 6.38. The zero-order valence-electron chi connectivity index (χ0n) is 16.1. The van der Waals surface area contributed by atoms with E-state index < -0.39 is 0 Å². The molecule has 7 nitrogen and oxygen atoms in total. The highest BCUT2D eigenvalue weighted by molar-refractivity contribution is 7.09. The lowest BCUT2D eigenvalue weighted by Crippen LogP contribution is -2.38. The molecular weight excluding hydrogens is 362 g/mol. The minimum absolute atomic E-state index is 0.136. The molecule has 0 fully saturated rings. The van der Waals surface area contributed by atoms with Crippen LogP contribution in [0.25, 0.3) is 0 Å². The molecule has 0 saturated carbocycles. The van der Waals surface area contributed by atoms with Crippen LogP contribution in [0.5, 0.6) is 0 Å². The summed E-state index contributed by atoms with van der Waals surface area (Å²) in [7, 11) is 2.02. The molecule has 0 saturated heterocycles. The third kappa shape index (κ3) is 6.97. The first kappa shape index (κ1) is 20.8. The lowest BCUT2D eigenvalue weighted by atomic mass is 10.1. The number of thiazole rings is 1. The zero-order valence-corrected chi connectivity index (χ0v) is 17.0. The molecule has 0 bridgehead atoms. The quantitative estimate of drug-likeness (QED) is 0.232. The number of rotatable bonds is 9. The second kappa shape index (κ2) is 10.6. The molecule has 0 atom stereocenters. The molecule has 1 aromatic heterocycles. The first-order valence-corrected chi connectivity index (χ1v) is 10.0. The molecule has 1 aromatic carbocycles. The van der Waals surface area contributed by atoms with Crippen molar-refractivity contribution in [1.82, 2.24) is 15.2 Å². The normalized spacial score (nSPS) is 11.4. The Balaban J connectivity index is 1.79. The maximum absolute atomic E-state index is 10.7. The Hall–Kier alpha value is -2.48. The monoisotopic (exact) mass is 389 g/mol. The van der Waals surface area contributed by atoms with E-state index in [2.05, 4.69) is 27.5 Å². The van der Waals surface area contributed by atoms with Crippen molar-refractivity contribution >= 4 is 23.0 Å². The minimum Gasteiger partial charge on any atom is -0.357 e. The number of nitrogens with zero attached hydrogens (tertiary/aromatic N) is 4. The van der Waals surface area contributed by atoms with Crippen LogP contribution < -0.4 is 5.32 Å². The van der Waals surface area contributed by atoms with Crippen molar-refractivity contribution in [2.75, 3.05) is 20.1 Å². The van der Waals surface area contributed by atoms with Gasteiger partial charge in [-0.05, 0) is 38.7 Å². The molecule has 0 aliphatic rings. The molecule has 146 valence electrons. The fraction of sp³-hybridized carbons (Fsp3) is 0.474. The van der Waals surface area contributed by atoms with E-state index in [9.17, 15) is 10.1 Å². The molecule has 0 aliphatic heterocycles. The van der Waals surface area contributed by atoms with E-state index in [-0.39, 0.29) is 10.6 Å². The molecule has 0 radical (unpaired) electrons. The first-order chi connectivity index (χ1) is 13.0. The second-order valence-electron chi connectivity index (χ2n) is 6.33. The molecule has 0 unspecified atom stereocenters. The van der Waals surface area contributed by atoms with Crippen LogP contribution in [0.1, 0.15) is 36.0 Å². The summed E-state index contributed by atoms with van der Waals surface area (Å²) in [6, 6.07) is 6.78. The van der Waals surface area contributed by atoms with Crippen LogP contribution in [-0.2, 0) is 13.0 Å². The predicted octanol–water partition coefficient (Wildman–Crippen LogP) is 3.78. The summed E-state index contributed by atoms with van der Waals surface area (Å²) in [5, 5.41) is 17.2. The van der Waals surface area contributed by atoms with Crippen molar-refractivity contribution in [1.29, 1.82) is 0 Å². The average molecular weight is 390 g/mol. The smallest absolute Gasteiger partial charge is 0.269 e. The van der Waals surface area contributed by atoms with Gasteiger partial charge in [0.25, 0.3) is 5.69 Å². The second-order valence-corrected chi connectivity index (χ2v) is 7.39. The van der Waals surface area contributed by atoms with E-state index in [1.807, 2.05) is 26.1 Å². The largest absolute Gasteiger partial charge is 0.357 e. The molecule has 1 heterocycles. The Kier molecular flexibility index (Phi) is 8.19. The number of unbranched alkanes of at least 4 members (excludes halogenated alkanes) is 1. The van der Waals surface area contributed by atoms with E-state index >= 15 is 0 Å². The lowest BCUT2D eigenvalue weighted by Gasteiger charge is -2.21. The van der Waals surface area contributed by atoms with Gasteiger partial charge in [0.2, 0.25) is 0 Å². The maximum atomic E-state index is 10.7. The number of guanidine groups is 1. The summed E-state index contributed by atoms with van der Waals surface area (Å²) in [6.07, 6.45) is 2.86. The molecule has 1 N–H and O–H groups in total. The molecule has 0 spiro atoms. The number of aromatic nitrogens is 1. The minimum atomic E-state index is -0.371. The van der Waals surface area contributed by atoms with Gasteiger partial charge in [0.15, 0.2) is 5.96 Å². The fourth-order valence-electron chi connectivity index (χ4n) is 2.68. The SMILES string of the molecule is CCNC(=NCCCCc1ccc([N+](=O)[O-])cc1)N(C)Cc1csc(C)n1. The Morgan fingerprint density at radius 2 is 2.07 bits per heavy atom. The van der Waals surface area contributed by atoms with Gasteiger partial charge >= 0.3 is 0 Å². The Bertz CT molecular complexity index is 758. The van der Waals surface area contributed by atoms with E-state index in [0.29, 0.717) is 0 Å². The number of non-ortho nitro benzene ring substituents is 1. The first-order valence-electron chi connectivity index (χ1n) is 9.13. The predicted molar refractivity (Wildman–Crippen MR) is 110 cm³/mol. The van der Waals surface area contributed by atoms with Crippen LogP contribution in [0.3, 0.4) is 0 Å². The molecule has 0 amide bonds. The number of hydrogen-bond donors (Lipinski definition) is 1. The number of aliphatic imine (C=N–C) groups is 1. The maximum Gasteiger partial charge on any atom is 0.269 e. The van der Waals surface area contributed by atoms with Gasteiger partial charge in [-0.1, -0.05) is 12.1 Å². The molecule has 0 aliphatic carbocycles. The highest BCUT2D eigenvalue weighted by Crippen LogP contribution is 2.14. The van der Waals surface area contributed by atoms with Crippen LogP contribution in [0, 0.1) is 17.0 Å². The molecular formula is C19H27N5O2S. The molecule has 2 aromatic rings. The van der Waals surface area contributed by atoms with Gasteiger partial charge in [0, 0.05) is 37.6 Å². The lowest BCUT2D eigenvalue weighted by molar-refractivity contribution is -0.384. The van der Waals surface area contributed by atoms with E-state index in [1.165, 1.54) is 0 Å². The molecule has 2 rings (SSSR count). The van der Waals surface area contributed by atoms with Crippen LogP contribution in [0.4, 0.5) is 5.69 Å².